The molecular formula is C10H15N3O4S. The maximum absolute atomic E-state index is 12.1. The highest BCUT2D eigenvalue weighted by Gasteiger charge is 2.27. The third kappa shape index (κ3) is 2.54. The number of aromatic nitrogens is 2. The maximum atomic E-state index is 12.1. The van der Waals surface area contributed by atoms with Gasteiger partial charge in [-0.1, -0.05) is 12.8 Å². The van der Waals surface area contributed by atoms with Crippen LogP contribution in [0.5, 0.6) is 0 Å². The van der Waals surface area contributed by atoms with Crippen molar-refractivity contribution in [1.29, 1.82) is 0 Å². The molecule has 0 radical (unpaired) electrons. The molecule has 1 aliphatic carbocycles. The zero-order valence-electron chi connectivity index (χ0n) is 9.95. The SMILES string of the molecule is Cc1[nH]c(=O)[nH]c(=O)c1S(=O)(=O)NC1CCCC1. The molecule has 18 heavy (non-hydrogen) atoms. The first-order chi connectivity index (χ1) is 8.40. The second kappa shape index (κ2) is 4.69. The summed E-state index contributed by atoms with van der Waals surface area (Å²) in [7, 11) is -3.89. The molecule has 1 saturated carbocycles. The van der Waals surface area contributed by atoms with Crippen LogP contribution in [0, 0.1) is 6.92 Å². The Morgan fingerprint density at radius 1 is 1.17 bits per heavy atom. The summed E-state index contributed by atoms with van der Waals surface area (Å²) in [6.07, 6.45) is 3.52. The lowest BCUT2D eigenvalue weighted by molar-refractivity contribution is 0.549. The molecule has 8 heteroatoms. The van der Waals surface area contributed by atoms with Gasteiger partial charge in [-0.3, -0.25) is 9.78 Å². The van der Waals surface area contributed by atoms with E-state index >= 15 is 0 Å². The monoisotopic (exact) mass is 273 g/mol. The van der Waals surface area contributed by atoms with Crippen molar-refractivity contribution in [2.45, 2.75) is 43.5 Å². The van der Waals surface area contributed by atoms with Crippen LogP contribution in [0.25, 0.3) is 0 Å². The quantitative estimate of drug-likeness (QED) is 0.695. The van der Waals surface area contributed by atoms with E-state index in [-0.39, 0.29) is 11.7 Å². The lowest BCUT2D eigenvalue weighted by atomic mass is 10.3. The van der Waals surface area contributed by atoms with Crippen molar-refractivity contribution in [3.8, 4) is 0 Å². The fraction of sp³-hybridized carbons (Fsp3) is 0.600. The summed E-state index contributed by atoms with van der Waals surface area (Å²) in [6, 6.07) is -0.124. The molecule has 0 amide bonds. The molecule has 3 N–H and O–H groups in total. The zero-order chi connectivity index (χ0) is 13.3. The number of aryl methyl sites for hydroxylation is 1. The lowest BCUT2D eigenvalue weighted by Gasteiger charge is -2.12. The number of hydrogen-bond acceptors (Lipinski definition) is 4. The molecule has 0 saturated heterocycles. The van der Waals surface area contributed by atoms with Crippen molar-refractivity contribution in [3.05, 3.63) is 26.5 Å². The molecule has 0 unspecified atom stereocenters. The smallest absolute Gasteiger partial charge is 0.310 e. The van der Waals surface area contributed by atoms with Crippen molar-refractivity contribution >= 4 is 10.0 Å². The van der Waals surface area contributed by atoms with E-state index in [4.69, 9.17) is 0 Å². The van der Waals surface area contributed by atoms with Gasteiger partial charge in [0.25, 0.3) is 5.56 Å². The van der Waals surface area contributed by atoms with Crippen molar-refractivity contribution in [1.82, 2.24) is 14.7 Å². The molecule has 1 aromatic rings. The van der Waals surface area contributed by atoms with Gasteiger partial charge in [-0.2, -0.15) is 0 Å². The molecule has 0 bridgehead atoms. The van der Waals surface area contributed by atoms with E-state index in [9.17, 15) is 18.0 Å². The van der Waals surface area contributed by atoms with Crippen LogP contribution in [0.3, 0.4) is 0 Å². The molecule has 1 aliphatic rings. The van der Waals surface area contributed by atoms with E-state index in [1.807, 2.05) is 4.98 Å². The topological polar surface area (TPSA) is 112 Å². The predicted molar refractivity (Wildman–Crippen MR) is 65.0 cm³/mol. The number of H-pyrrole nitrogens is 2. The van der Waals surface area contributed by atoms with Gasteiger partial charge in [0.05, 0.1) is 0 Å². The summed E-state index contributed by atoms with van der Waals surface area (Å²) >= 11 is 0. The molecule has 2 rings (SSSR count). The van der Waals surface area contributed by atoms with Crippen LogP contribution in [-0.4, -0.2) is 24.4 Å². The van der Waals surface area contributed by atoms with E-state index in [0.29, 0.717) is 0 Å². The summed E-state index contributed by atoms with van der Waals surface area (Å²) in [4.78, 5) is 26.4. The number of aromatic amines is 2. The number of hydrogen-bond donors (Lipinski definition) is 3. The Labute approximate surface area is 104 Å². The van der Waals surface area contributed by atoms with Crippen LogP contribution in [0.2, 0.25) is 0 Å². The Morgan fingerprint density at radius 2 is 1.78 bits per heavy atom. The summed E-state index contributed by atoms with van der Waals surface area (Å²) in [6.45, 7) is 1.39. The molecule has 1 aromatic heterocycles. The van der Waals surface area contributed by atoms with Crippen LogP contribution < -0.4 is 16.0 Å². The average molecular weight is 273 g/mol. The maximum Gasteiger partial charge on any atom is 0.325 e. The molecule has 1 heterocycles. The summed E-state index contributed by atoms with van der Waals surface area (Å²) in [5.41, 5.74) is -1.55. The fourth-order valence-electron chi connectivity index (χ4n) is 2.23. The second-order valence-corrected chi connectivity index (χ2v) is 6.12. The first kappa shape index (κ1) is 13.0. The molecule has 1 fully saturated rings. The van der Waals surface area contributed by atoms with Gasteiger partial charge in [0.2, 0.25) is 10.0 Å². The highest BCUT2D eigenvalue weighted by atomic mass is 32.2. The molecule has 0 spiro atoms. The largest absolute Gasteiger partial charge is 0.325 e. The third-order valence-electron chi connectivity index (χ3n) is 3.02. The minimum atomic E-state index is -3.89. The van der Waals surface area contributed by atoms with Crippen LogP contribution >= 0.6 is 0 Å². The number of rotatable bonds is 3. The highest BCUT2D eigenvalue weighted by molar-refractivity contribution is 7.89. The van der Waals surface area contributed by atoms with Gasteiger partial charge in [0.1, 0.15) is 0 Å². The highest BCUT2D eigenvalue weighted by Crippen LogP contribution is 2.19. The Morgan fingerprint density at radius 3 is 2.33 bits per heavy atom. The molecule has 100 valence electrons. The van der Waals surface area contributed by atoms with E-state index in [2.05, 4.69) is 9.71 Å². The van der Waals surface area contributed by atoms with Crippen molar-refractivity contribution in [2.24, 2.45) is 0 Å². The van der Waals surface area contributed by atoms with Gasteiger partial charge in [-0.15, -0.1) is 0 Å². The standard InChI is InChI=1S/C10H15N3O4S/c1-6-8(9(14)12-10(15)11-6)18(16,17)13-7-4-2-3-5-7/h7,13H,2-5H2,1H3,(H2,11,12,14,15). The minimum absolute atomic E-state index is 0.0502. The van der Waals surface area contributed by atoms with Gasteiger partial charge in [-0.05, 0) is 19.8 Å². The van der Waals surface area contributed by atoms with Crippen LogP contribution in [0.1, 0.15) is 31.4 Å². The van der Waals surface area contributed by atoms with Crippen LogP contribution in [0.15, 0.2) is 14.5 Å². The first-order valence-corrected chi connectivity index (χ1v) is 7.24. The van der Waals surface area contributed by atoms with Gasteiger partial charge in [0, 0.05) is 11.7 Å². The third-order valence-corrected chi connectivity index (χ3v) is 4.69. The Kier molecular flexibility index (Phi) is 3.40. The Hall–Kier alpha value is -1.41. The normalized spacial score (nSPS) is 17.2. The van der Waals surface area contributed by atoms with Crippen molar-refractivity contribution in [2.75, 3.05) is 0 Å². The summed E-state index contributed by atoms with van der Waals surface area (Å²) in [5.74, 6) is 0. The van der Waals surface area contributed by atoms with Crippen LogP contribution in [-0.2, 0) is 10.0 Å². The average Bonchev–Trinajstić information content (AvgIpc) is 2.66. The van der Waals surface area contributed by atoms with Crippen LogP contribution in [0.4, 0.5) is 0 Å². The molecule has 0 aromatic carbocycles. The van der Waals surface area contributed by atoms with E-state index in [0.717, 1.165) is 25.7 Å². The first-order valence-electron chi connectivity index (χ1n) is 5.76. The molecular weight excluding hydrogens is 258 g/mol. The van der Waals surface area contributed by atoms with Gasteiger partial charge in [0.15, 0.2) is 4.90 Å². The van der Waals surface area contributed by atoms with E-state index < -0.39 is 26.2 Å². The number of sulfonamides is 1. The lowest BCUT2D eigenvalue weighted by Crippen LogP contribution is -2.38. The fourth-order valence-corrected chi connectivity index (χ4v) is 3.78. The number of nitrogens with one attached hydrogen (secondary N) is 3. The Bertz CT molecular complexity index is 652. The summed E-state index contributed by atoms with van der Waals surface area (Å²) < 4.78 is 26.7. The molecule has 0 atom stereocenters. The minimum Gasteiger partial charge on any atom is -0.310 e. The van der Waals surface area contributed by atoms with Crippen molar-refractivity contribution < 1.29 is 8.42 Å². The predicted octanol–water partition coefficient (Wildman–Crippen LogP) is -0.407. The molecule has 0 aliphatic heterocycles. The molecule has 7 nitrogen and oxygen atoms in total. The van der Waals surface area contributed by atoms with Crippen molar-refractivity contribution in [3.63, 3.8) is 0 Å². The van der Waals surface area contributed by atoms with E-state index in [1.54, 1.807) is 0 Å². The van der Waals surface area contributed by atoms with Gasteiger partial charge in [-0.25, -0.2) is 17.9 Å². The summed E-state index contributed by atoms with van der Waals surface area (Å²) in [5, 5.41) is 0. The second-order valence-electron chi connectivity index (χ2n) is 4.47. The zero-order valence-corrected chi connectivity index (χ0v) is 10.8. The van der Waals surface area contributed by atoms with E-state index in [1.165, 1.54) is 6.92 Å². The Balaban J connectivity index is 2.41. The van der Waals surface area contributed by atoms with Gasteiger partial charge < -0.3 is 4.98 Å². The van der Waals surface area contributed by atoms with Gasteiger partial charge >= 0.3 is 5.69 Å².